The summed E-state index contributed by atoms with van der Waals surface area (Å²) >= 11 is 1.26. The van der Waals surface area contributed by atoms with Crippen molar-refractivity contribution >= 4 is 16.5 Å². The van der Waals surface area contributed by atoms with Crippen LogP contribution in [0, 0.1) is 0 Å². The first-order valence-electron chi connectivity index (χ1n) is 4.74. The highest BCUT2D eigenvalue weighted by Gasteiger charge is 2.30. The Morgan fingerprint density at radius 1 is 1.38 bits per heavy atom. The van der Waals surface area contributed by atoms with Crippen LogP contribution in [-0.2, 0) is 6.54 Å². The minimum atomic E-state index is -4.17. The Bertz CT molecular complexity index is 325. The lowest BCUT2D eigenvalue weighted by atomic mass is 10.4. The van der Waals surface area contributed by atoms with Gasteiger partial charge in [0.2, 0.25) is 5.13 Å². The van der Waals surface area contributed by atoms with Crippen molar-refractivity contribution in [3.05, 3.63) is 5.01 Å². The van der Waals surface area contributed by atoms with Gasteiger partial charge in [-0.05, 0) is 6.54 Å². The van der Waals surface area contributed by atoms with E-state index >= 15 is 0 Å². The van der Waals surface area contributed by atoms with Gasteiger partial charge >= 0.3 is 6.18 Å². The van der Waals surface area contributed by atoms with Crippen molar-refractivity contribution in [3.63, 3.8) is 0 Å². The lowest BCUT2D eigenvalue weighted by Crippen LogP contribution is -2.33. The molecule has 0 saturated heterocycles. The van der Waals surface area contributed by atoms with Crippen molar-refractivity contribution in [1.29, 1.82) is 0 Å². The molecule has 4 nitrogen and oxygen atoms in total. The molecule has 0 fully saturated rings. The average molecular weight is 254 g/mol. The van der Waals surface area contributed by atoms with E-state index in [1.165, 1.54) is 16.2 Å². The molecule has 0 spiro atoms. The second kappa shape index (κ2) is 5.44. The SMILES string of the molecule is CCN(Cc1nnc(NC)s1)CC(F)(F)F. The smallest absolute Gasteiger partial charge is 0.363 e. The standard InChI is InChI=1S/C8H13F3N4S/c1-3-15(5-8(9,10)11)4-6-13-14-7(12-2)16-6/h3-5H2,1-2H3,(H,12,14). The van der Waals surface area contributed by atoms with E-state index < -0.39 is 12.7 Å². The molecule has 1 rings (SSSR count). The summed E-state index contributed by atoms with van der Waals surface area (Å²) < 4.78 is 36.5. The maximum absolute atomic E-state index is 12.2. The molecule has 92 valence electrons. The fourth-order valence-corrected chi connectivity index (χ4v) is 1.88. The second-order valence-corrected chi connectivity index (χ2v) is 4.23. The van der Waals surface area contributed by atoms with Gasteiger partial charge in [-0.15, -0.1) is 10.2 Å². The molecule has 0 aliphatic heterocycles. The van der Waals surface area contributed by atoms with Crippen LogP contribution in [0.1, 0.15) is 11.9 Å². The van der Waals surface area contributed by atoms with Crippen molar-refractivity contribution in [2.45, 2.75) is 19.6 Å². The van der Waals surface area contributed by atoms with Crippen LogP contribution in [0.3, 0.4) is 0 Å². The third-order valence-electron chi connectivity index (χ3n) is 1.89. The van der Waals surface area contributed by atoms with E-state index in [2.05, 4.69) is 15.5 Å². The number of hydrogen-bond acceptors (Lipinski definition) is 5. The molecule has 1 N–H and O–H groups in total. The van der Waals surface area contributed by atoms with Crippen molar-refractivity contribution in [1.82, 2.24) is 15.1 Å². The molecule has 0 radical (unpaired) electrons. The number of aromatic nitrogens is 2. The molecule has 1 heterocycles. The Balaban J connectivity index is 2.56. The second-order valence-electron chi connectivity index (χ2n) is 3.17. The van der Waals surface area contributed by atoms with Gasteiger partial charge in [0.25, 0.3) is 0 Å². The highest BCUT2D eigenvalue weighted by atomic mass is 32.1. The Morgan fingerprint density at radius 3 is 2.50 bits per heavy atom. The largest absolute Gasteiger partial charge is 0.401 e. The zero-order valence-corrected chi connectivity index (χ0v) is 9.82. The summed E-state index contributed by atoms with van der Waals surface area (Å²) in [6, 6.07) is 0. The molecular formula is C8H13F3N4S. The van der Waals surface area contributed by atoms with Gasteiger partial charge in [0.1, 0.15) is 5.01 Å². The summed E-state index contributed by atoms with van der Waals surface area (Å²) in [6.07, 6.45) is -4.17. The van der Waals surface area contributed by atoms with Crippen molar-refractivity contribution < 1.29 is 13.2 Å². The van der Waals surface area contributed by atoms with Gasteiger partial charge in [0.05, 0.1) is 13.1 Å². The van der Waals surface area contributed by atoms with Gasteiger partial charge in [-0.1, -0.05) is 18.3 Å². The summed E-state index contributed by atoms with van der Waals surface area (Å²) in [5.41, 5.74) is 0. The zero-order valence-electron chi connectivity index (χ0n) is 9.01. The molecule has 0 aromatic carbocycles. The van der Waals surface area contributed by atoms with Crippen LogP contribution < -0.4 is 5.32 Å². The maximum Gasteiger partial charge on any atom is 0.401 e. The molecule has 0 saturated carbocycles. The number of nitrogens with zero attached hydrogens (tertiary/aromatic N) is 3. The van der Waals surface area contributed by atoms with E-state index in [1.807, 2.05) is 0 Å². The molecule has 0 aliphatic carbocycles. The minimum absolute atomic E-state index is 0.176. The summed E-state index contributed by atoms with van der Waals surface area (Å²) in [6.45, 7) is 1.27. The summed E-state index contributed by atoms with van der Waals surface area (Å²) in [5.74, 6) is 0. The highest BCUT2D eigenvalue weighted by Crippen LogP contribution is 2.20. The number of halogens is 3. The first-order chi connectivity index (χ1) is 7.44. The lowest BCUT2D eigenvalue weighted by molar-refractivity contribution is -0.146. The third kappa shape index (κ3) is 4.31. The molecule has 8 heteroatoms. The maximum atomic E-state index is 12.2. The van der Waals surface area contributed by atoms with E-state index in [0.29, 0.717) is 16.7 Å². The van der Waals surface area contributed by atoms with E-state index in [1.54, 1.807) is 14.0 Å². The van der Waals surface area contributed by atoms with Crippen molar-refractivity contribution in [2.75, 3.05) is 25.5 Å². The van der Waals surface area contributed by atoms with Crippen molar-refractivity contribution in [2.24, 2.45) is 0 Å². The first kappa shape index (κ1) is 13.2. The van der Waals surface area contributed by atoms with Crippen molar-refractivity contribution in [3.8, 4) is 0 Å². The van der Waals surface area contributed by atoms with Crippen LogP contribution >= 0.6 is 11.3 Å². The molecule has 0 bridgehead atoms. The van der Waals surface area contributed by atoms with Crippen LogP contribution in [0.15, 0.2) is 0 Å². The van der Waals surface area contributed by atoms with Gasteiger partial charge in [-0.25, -0.2) is 0 Å². The summed E-state index contributed by atoms with van der Waals surface area (Å²) in [4.78, 5) is 1.28. The third-order valence-corrected chi connectivity index (χ3v) is 2.82. The molecule has 16 heavy (non-hydrogen) atoms. The topological polar surface area (TPSA) is 41.1 Å². The number of anilines is 1. The van der Waals surface area contributed by atoms with E-state index in [-0.39, 0.29) is 6.54 Å². The van der Waals surface area contributed by atoms with Crippen LogP contribution in [0.5, 0.6) is 0 Å². The Morgan fingerprint density at radius 2 is 2.06 bits per heavy atom. The van der Waals surface area contributed by atoms with Crippen LogP contribution in [0.25, 0.3) is 0 Å². The molecule has 1 aromatic heterocycles. The fourth-order valence-electron chi connectivity index (χ4n) is 1.14. The van der Waals surface area contributed by atoms with E-state index in [0.717, 1.165) is 0 Å². The van der Waals surface area contributed by atoms with Crippen LogP contribution in [0.4, 0.5) is 18.3 Å². The predicted octanol–water partition coefficient (Wildman–Crippen LogP) is 1.96. The van der Waals surface area contributed by atoms with Crippen LogP contribution in [0.2, 0.25) is 0 Å². The molecule has 0 unspecified atom stereocenters. The lowest BCUT2D eigenvalue weighted by Gasteiger charge is -2.20. The van der Waals surface area contributed by atoms with Gasteiger partial charge in [-0.3, -0.25) is 4.90 Å². The Kier molecular flexibility index (Phi) is 4.48. The van der Waals surface area contributed by atoms with Gasteiger partial charge in [-0.2, -0.15) is 13.2 Å². The van der Waals surface area contributed by atoms with Crippen LogP contribution in [-0.4, -0.2) is 41.4 Å². The molecular weight excluding hydrogens is 241 g/mol. The van der Waals surface area contributed by atoms with Gasteiger partial charge in [0.15, 0.2) is 0 Å². The normalized spacial score (nSPS) is 12.1. The Labute approximate surface area is 95.5 Å². The molecule has 1 aromatic rings. The Hall–Kier alpha value is -0.890. The highest BCUT2D eigenvalue weighted by molar-refractivity contribution is 7.15. The fraction of sp³-hybridized carbons (Fsp3) is 0.750. The minimum Gasteiger partial charge on any atom is -0.363 e. The van der Waals surface area contributed by atoms with E-state index in [4.69, 9.17) is 0 Å². The first-order valence-corrected chi connectivity index (χ1v) is 5.55. The predicted molar refractivity (Wildman–Crippen MR) is 56.5 cm³/mol. The quantitative estimate of drug-likeness (QED) is 0.872. The number of hydrogen-bond donors (Lipinski definition) is 1. The van der Waals surface area contributed by atoms with Gasteiger partial charge < -0.3 is 5.32 Å². The summed E-state index contributed by atoms with van der Waals surface area (Å²) in [7, 11) is 1.69. The molecule has 0 atom stereocenters. The molecule has 0 aliphatic rings. The average Bonchev–Trinajstić information content (AvgIpc) is 2.62. The number of rotatable bonds is 5. The van der Waals surface area contributed by atoms with E-state index in [9.17, 15) is 13.2 Å². The number of nitrogens with one attached hydrogen (secondary N) is 1. The zero-order chi connectivity index (χ0) is 12.2. The monoisotopic (exact) mass is 254 g/mol. The summed E-state index contributed by atoms with van der Waals surface area (Å²) in [5, 5.41) is 11.5. The molecule has 0 amide bonds. The number of alkyl halides is 3. The van der Waals surface area contributed by atoms with Gasteiger partial charge in [0, 0.05) is 7.05 Å².